The molecule has 0 saturated heterocycles. The van der Waals surface area contributed by atoms with Crippen LogP contribution in [0.25, 0.3) is 0 Å². The van der Waals surface area contributed by atoms with Crippen LogP contribution in [0.3, 0.4) is 0 Å². The van der Waals surface area contributed by atoms with Crippen molar-refractivity contribution in [3.05, 3.63) is 71.3 Å². The molecule has 3 aromatic rings. The molecule has 1 amide bonds. The van der Waals surface area contributed by atoms with Gasteiger partial charge < -0.3 is 10.6 Å². The second-order valence-corrected chi connectivity index (χ2v) is 14.1. The van der Waals surface area contributed by atoms with Crippen LogP contribution in [-0.4, -0.2) is 11.0 Å². The number of nitrogens with one attached hydrogen (secondary N) is 2. The van der Waals surface area contributed by atoms with Crippen LogP contribution in [0.5, 0.6) is 0 Å². The summed E-state index contributed by atoms with van der Waals surface area (Å²) in [5.41, 5.74) is 6.58. The van der Waals surface area contributed by atoms with Gasteiger partial charge in [0.05, 0.1) is 11.4 Å². The van der Waals surface area contributed by atoms with E-state index in [9.17, 15) is 9.59 Å². The van der Waals surface area contributed by atoms with Gasteiger partial charge in [0.2, 0.25) is 5.91 Å². The van der Waals surface area contributed by atoms with Crippen molar-refractivity contribution in [3.8, 4) is 0 Å². The van der Waals surface area contributed by atoms with Gasteiger partial charge in [0, 0.05) is 33.2 Å². The highest BCUT2D eigenvalue weighted by molar-refractivity contribution is 8.13. The first-order chi connectivity index (χ1) is 17.8. The predicted molar refractivity (Wildman–Crippen MR) is 162 cm³/mol. The molecule has 0 aliphatic carbocycles. The van der Waals surface area contributed by atoms with E-state index in [0.29, 0.717) is 0 Å². The summed E-state index contributed by atoms with van der Waals surface area (Å²) in [5.74, 6) is -0.153. The van der Waals surface area contributed by atoms with Crippen molar-refractivity contribution in [2.75, 3.05) is 10.6 Å². The van der Waals surface area contributed by atoms with Crippen LogP contribution in [0.1, 0.15) is 78.0 Å². The molecule has 38 heavy (non-hydrogen) atoms. The fraction of sp³-hybridized carbons (Fsp3) is 0.375. The number of carbonyl (C=O) groups is 2. The molecule has 4 nitrogen and oxygen atoms in total. The Morgan fingerprint density at radius 3 is 2.03 bits per heavy atom. The van der Waals surface area contributed by atoms with Crippen LogP contribution >= 0.6 is 23.5 Å². The molecule has 200 valence electrons. The molecule has 0 spiro atoms. The zero-order valence-corrected chi connectivity index (χ0v) is 25.1. The van der Waals surface area contributed by atoms with Crippen LogP contribution in [0.2, 0.25) is 0 Å². The zero-order valence-electron chi connectivity index (χ0n) is 23.5. The van der Waals surface area contributed by atoms with E-state index in [1.54, 1.807) is 11.8 Å². The van der Waals surface area contributed by atoms with Gasteiger partial charge >= 0.3 is 0 Å². The second-order valence-electron chi connectivity index (χ2n) is 11.9. The Balaban J connectivity index is 1.36. The van der Waals surface area contributed by atoms with E-state index < -0.39 is 0 Å². The fourth-order valence-electron chi connectivity index (χ4n) is 4.17. The molecule has 0 saturated carbocycles. The minimum Gasteiger partial charge on any atom is -0.354 e. The lowest BCUT2D eigenvalue weighted by molar-refractivity contribution is -0.119. The molecule has 1 aliphatic heterocycles. The third kappa shape index (κ3) is 7.03. The quantitative estimate of drug-likeness (QED) is 0.236. The third-order valence-corrected chi connectivity index (χ3v) is 8.65. The number of anilines is 3. The van der Waals surface area contributed by atoms with Crippen molar-refractivity contribution >= 4 is 51.6 Å². The fourth-order valence-corrected chi connectivity index (χ4v) is 6.10. The van der Waals surface area contributed by atoms with Gasteiger partial charge in [-0.3, -0.25) is 9.59 Å². The highest BCUT2D eigenvalue weighted by Gasteiger charge is 2.22. The summed E-state index contributed by atoms with van der Waals surface area (Å²) < 4.78 is 0. The molecule has 1 heterocycles. The first-order valence-corrected chi connectivity index (χ1v) is 14.8. The van der Waals surface area contributed by atoms with Crippen LogP contribution in [0, 0.1) is 0 Å². The highest BCUT2D eigenvalue weighted by Crippen LogP contribution is 2.45. The number of thioether (sulfide) groups is 1. The summed E-state index contributed by atoms with van der Waals surface area (Å²) in [6.07, 6.45) is 1.34. The summed E-state index contributed by atoms with van der Waals surface area (Å²) in [6, 6.07) is 18.8. The van der Waals surface area contributed by atoms with Gasteiger partial charge in [0.25, 0.3) is 0 Å². The van der Waals surface area contributed by atoms with E-state index >= 15 is 0 Å². The molecule has 6 heteroatoms. The molecular weight excluding hydrogens is 508 g/mol. The smallest absolute Gasteiger partial charge is 0.224 e. The van der Waals surface area contributed by atoms with E-state index in [0.717, 1.165) is 33.3 Å². The van der Waals surface area contributed by atoms with E-state index in [1.165, 1.54) is 33.3 Å². The summed E-state index contributed by atoms with van der Waals surface area (Å²) >= 11 is 2.94. The highest BCUT2D eigenvalue weighted by atomic mass is 32.2. The number of hydrogen-bond acceptors (Lipinski definition) is 5. The number of aryl methyl sites for hydroxylation is 1. The molecule has 0 radical (unpaired) electrons. The molecule has 0 fully saturated rings. The second kappa shape index (κ2) is 11.2. The number of amides is 1. The van der Waals surface area contributed by atoms with Crippen molar-refractivity contribution in [2.45, 2.75) is 93.2 Å². The molecule has 2 N–H and O–H groups in total. The maximum absolute atomic E-state index is 12.8. The number of rotatable bonds is 6. The van der Waals surface area contributed by atoms with Crippen LogP contribution in [-0.2, 0) is 26.8 Å². The van der Waals surface area contributed by atoms with Crippen LogP contribution in [0.4, 0.5) is 17.1 Å². The standard InChI is InChI=1S/C32H38N2O2S2/c1-8-20-9-11-25-27(15-20)38-28-19-23(10-12-26(28)34-25)33-29(35)13-14-30(36)37-24-17-21(31(2,3)4)16-22(18-24)32(5,6)7/h9-12,15-19,34H,8,13-14H2,1-7H3,(H,33,35). The summed E-state index contributed by atoms with van der Waals surface area (Å²) in [5, 5.41) is 6.45. The molecule has 0 unspecified atom stereocenters. The molecular formula is C32H38N2O2S2. The lowest BCUT2D eigenvalue weighted by Crippen LogP contribution is -2.16. The average Bonchev–Trinajstić information content (AvgIpc) is 2.84. The van der Waals surface area contributed by atoms with Gasteiger partial charge in [-0.2, -0.15) is 0 Å². The Kier molecular flexibility index (Phi) is 8.34. The largest absolute Gasteiger partial charge is 0.354 e. The monoisotopic (exact) mass is 546 g/mol. The Labute approximate surface area is 235 Å². The Morgan fingerprint density at radius 2 is 1.42 bits per heavy atom. The summed E-state index contributed by atoms with van der Waals surface area (Å²) in [4.78, 5) is 28.7. The first-order valence-electron chi connectivity index (χ1n) is 13.2. The van der Waals surface area contributed by atoms with E-state index in [-0.39, 0.29) is 34.7 Å². The van der Waals surface area contributed by atoms with Crippen LogP contribution < -0.4 is 10.6 Å². The maximum Gasteiger partial charge on any atom is 0.224 e. The van der Waals surface area contributed by atoms with Crippen molar-refractivity contribution < 1.29 is 9.59 Å². The van der Waals surface area contributed by atoms with Crippen LogP contribution in [0.15, 0.2) is 69.3 Å². The Hall–Kier alpha value is -2.70. The SMILES string of the molecule is CCc1ccc2c(c1)Sc1cc(NC(=O)CCC(=O)Sc3cc(C(C)(C)C)cc(C(C)(C)C)c3)ccc1N2. The van der Waals surface area contributed by atoms with Crippen molar-refractivity contribution in [2.24, 2.45) is 0 Å². The number of benzene rings is 3. The topological polar surface area (TPSA) is 58.2 Å². The Bertz CT molecular complexity index is 1330. The molecule has 0 bridgehead atoms. The van der Waals surface area contributed by atoms with Crippen molar-refractivity contribution in [1.82, 2.24) is 0 Å². The summed E-state index contributed by atoms with van der Waals surface area (Å²) in [6.45, 7) is 15.3. The number of carbonyl (C=O) groups excluding carboxylic acids is 2. The minimum absolute atomic E-state index is 0.000370. The van der Waals surface area contributed by atoms with Gasteiger partial charge in [0.1, 0.15) is 0 Å². The zero-order chi connectivity index (χ0) is 27.7. The van der Waals surface area contributed by atoms with E-state index in [2.05, 4.69) is 95.5 Å². The maximum atomic E-state index is 12.8. The minimum atomic E-state index is -0.153. The lowest BCUT2D eigenvalue weighted by Gasteiger charge is -2.26. The third-order valence-electron chi connectivity index (χ3n) is 6.64. The van der Waals surface area contributed by atoms with Gasteiger partial charge in [-0.25, -0.2) is 0 Å². The lowest BCUT2D eigenvalue weighted by atomic mass is 9.81. The van der Waals surface area contributed by atoms with Gasteiger partial charge in [-0.15, -0.1) is 0 Å². The van der Waals surface area contributed by atoms with Gasteiger partial charge in [-0.05, 0) is 76.4 Å². The first kappa shape index (κ1) is 28.3. The Morgan fingerprint density at radius 1 is 0.816 bits per heavy atom. The average molecular weight is 547 g/mol. The van der Waals surface area contributed by atoms with Gasteiger partial charge in [0.15, 0.2) is 5.12 Å². The summed E-state index contributed by atoms with van der Waals surface area (Å²) in [7, 11) is 0. The molecule has 0 aromatic heterocycles. The normalized spacial score (nSPS) is 12.8. The molecule has 4 rings (SSSR count). The van der Waals surface area contributed by atoms with Crippen molar-refractivity contribution in [1.29, 1.82) is 0 Å². The van der Waals surface area contributed by atoms with Gasteiger partial charge in [-0.1, -0.05) is 84.1 Å². The molecule has 1 aliphatic rings. The van der Waals surface area contributed by atoms with E-state index in [4.69, 9.17) is 0 Å². The molecule has 3 aromatic carbocycles. The predicted octanol–water partition coefficient (Wildman–Crippen LogP) is 9.09. The molecule has 0 atom stereocenters. The number of hydrogen-bond donors (Lipinski definition) is 2. The van der Waals surface area contributed by atoms with Crippen molar-refractivity contribution in [3.63, 3.8) is 0 Å². The number of fused-ring (bicyclic) bond motifs is 2. The van der Waals surface area contributed by atoms with E-state index in [1.807, 2.05) is 18.2 Å².